The molecular formula is C24H42O3. The molecule has 1 rings (SSSR count). The monoisotopic (exact) mass is 378 g/mol. The summed E-state index contributed by atoms with van der Waals surface area (Å²) in [7, 11) is 0. The Labute approximate surface area is 166 Å². The molecule has 0 atom stereocenters. The van der Waals surface area contributed by atoms with Crippen LogP contribution in [0, 0.1) is 0 Å². The second-order valence-electron chi connectivity index (χ2n) is 7.99. The van der Waals surface area contributed by atoms with E-state index in [1.54, 1.807) is 6.07 Å². The van der Waals surface area contributed by atoms with Crippen molar-refractivity contribution in [3.8, 4) is 17.2 Å². The van der Waals surface area contributed by atoms with Gasteiger partial charge in [0, 0.05) is 0 Å². The van der Waals surface area contributed by atoms with E-state index in [1.807, 2.05) is 0 Å². The van der Waals surface area contributed by atoms with Gasteiger partial charge in [-0.15, -0.1) is 0 Å². The maximum atomic E-state index is 9.79. The number of hydrogen-bond donors (Lipinski definition) is 3. The van der Waals surface area contributed by atoms with Gasteiger partial charge < -0.3 is 15.3 Å². The number of rotatable bonds is 17. The van der Waals surface area contributed by atoms with Crippen LogP contribution in [0.2, 0.25) is 0 Å². The van der Waals surface area contributed by atoms with Crippen molar-refractivity contribution in [2.24, 2.45) is 0 Å². The second-order valence-corrected chi connectivity index (χ2v) is 7.99. The normalized spacial score (nSPS) is 11.1. The number of hydrogen-bond acceptors (Lipinski definition) is 3. The molecular weight excluding hydrogens is 336 g/mol. The fourth-order valence-corrected chi connectivity index (χ4v) is 3.68. The Kier molecular flexibility index (Phi) is 13.7. The van der Waals surface area contributed by atoms with Gasteiger partial charge in [-0.25, -0.2) is 0 Å². The van der Waals surface area contributed by atoms with E-state index in [4.69, 9.17) is 0 Å². The largest absolute Gasteiger partial charge is 0.504 e. The highest BCUT2D eigenvalue weighted by Crippen LogP contribution is 2.37. The highest BCUT2D eigenvalue weighted by atomic mass is 16.3. The first-order valence-corrected chi connectivity index (χ1v) is 11.4. The van der Waals surface area contributed by atoms with Gasteiger partial charge >= 0.3 is 0 Å². The summed E-state index contributed by atoms with van der Waals surface area (Å²) in [6.07, 6.45) is 22.2. The molecule has 0 unspecified atom stereocenters. The zero-order valence-electron chi connectivity index (χ0n) is 17.5. The van der Waals surface area contributed by atoms with Crippen LogP contribution >= 0.6 is 0 Å². The molecule has 27 heavy (non-hydrogen) atoms. The number of benzene rings is 1. The van der Waals surface area contributed by atoms with Crippen molar-refractivity contribution in [3.63, 3.8) is 0 Å². The minimum atomic E-state index is -0.399. The molecule has 0 aliphatic heterocycles. The van der Waals surface area contributed by atoms with Crippen LogP contribution in [-0.2, 0) is 6.42 Å². The molecule has 1 aromatic carbocycles. The molecule has 0 fully saturated rings. The van der Waals surface area contributed by atoms with Crippen molar-refractivity contribution in [1.29, 1.82) is 0 Å². The van der Waals surface area contributed by atoms with E-state index in [2.05, 4.69) is 6.92 Å². The fraction of sp³-hybridized carbons (Fsp3) is 0.750. The Bertz CT molecular complexity index is 485. The molecule has 0 bridgehead atoms. The Morgan fingerprint density at radius 2 is 0.926 bits per heavy atom. The van der Waals surface area contributed by atoms with Gasteiger partial charge in [0.15, 0.2) is 11.5 Å². The molecule has 0 aliphatic carbocycles. The van der Waals surface area contributed by atoms with Gasteiger partial charge in [0.1, 0.15) is 0 Å². The van der Waals surface area contributed by atoms with Gasteiger partial charge in [-0.2, -0.15) is 0 Å². The van der Waals surface area contributed by atoms with Crippen molar-refractivity contribution in [3.05, 3.63) is 17.7 Å². The number of aromatic hydroxyl groups is 3. The van der Waals surface area contributed by atoms with Gasteiger partial charge in [0.05, 0.1) is 0 Å². The van der Waals surface area contributed by atoms with Crippen molar-refractivity contribution >= 4 is 0 Å². The van der Waals surface area contributed by atoms with Crippen molar-refractivity contribution in [2.75, 3.05) is 0 Å². The summed E-state index contributed by atoms with van der Waals surface area (Å²) in [6, 6.07) is 3.13. The first-order valence-electron chi connectivity index (χ1n) is 11.4. The lowest BCUT2D eigenvalue weighted by Gasteiger charge is -2.07. The third-order valence-corrected chi connectivity index (χ3v) is 5.51. The summed E-state index contributed by atoms with van der Waals surface area (Å²) < 4.78 is 0. The molecule has 0 spiro atoms. The Morgan fingerprint density at radius 3 is 1.37 bits per heavy atom. The minimum Gasteiger partial charge on any atom is -0.504 e. The highest BCUT2D eigenvalue weighted by Gasteiger charge is 2.10. The number of aryl methyl sites for hydroxylation is 1. The summed E-state index contributed by atoms with van der Waals surface area (Å²) in [4.78, 5) is 0. The van der Waals surface area contributed by atoms with Gasteiger partial charge in [0.25, 0.3) is 0 Å². The SMILES string of the molecule is CCCCCCCCCCCCCCCCCCc1ccc(O)c(O)c1O. The van der Waals surface area contributed by atoms with E-state index < -0.39 is 5.75 Å². The molecule has 3 heteroatoms. The molecule has 156 valence electrons. The van der Waals surface area contributed by atoms with Crippen LogP contribution in [0.25, 0.3) is 0 Å². The Hall–Kier alpha value is -1.38. The van der Waals surface area contributed by atoms with Crippen LogP contribution in [0.4, 0.5) is 0 Å². The summed E-state index contributed by atoms with van der Waals surface area (Å²) in [5, 5.41) is 28.6. The molecule has 0 aliphatic rings. The molecule has 3 nitrogen and oxygen atoms in total. The number of phenolic OH excluding ortho intramolecular Hbond substituents is 3. The Morgan fingerprint density at radius 1 is 0.519 bits per heavy atom. The average Bonchev–Trinajstić information content (AvgIpc) is 2.67. The lowest BCUT2D eigenvalue weighted by Crippen LogP contribution is -1.88. The van der Waals surface area contributed by atoms with E-state index >= 15 is 0 Å². The van der Waals surface area contributed by atoms with E-state index in [-0.39, 0.29) is 11.5 Å². The maximum absolute atomic E-state index is 9.79. The molecule has 0 amide bonds. The fourth-order valence-electron chi connectivity index (χ4n) is 3.68. The van der Waals surface area contributed by atoms with Crippen molar-refractivity contribution in [1.82, 2.24) is 0 Å². The topological polar surface area (TPSA) is 60.7 Å². The Balaban J connectivity index is 1.85. The van der Waals surface area contributed by atoms with Gasteiger partial charge in [-0.3, -0.25) is 0 Å². The predicted molar refractivity (Wildman–Crippen MR) is 115 cm³/mol. The summed E-state index contributed by atoms with van der Waals surface area (Å²) in [5.74, 6) is -0.830. The first-order chi connectivity index (χ1) is 13.2. The summed E-state index contributed by atoms with van der Waals surface area (Å²) in [6.45, 7) is 2.27. The second kappa shape index (κ2) is 15.7. The summed E-state index contributed by atoms with van der Waals surface area (Å²) >= 11 is 0. The predicted octanol–water partition coefficient (Wildman–Crippen LogP) is 7.61. The third-order valence-electron chi connectivity index (χ3n) is 5.51. The van der Waals surface area contributed by atoms with E-state index in [0.29, 0.717) is 0 Å². The zero-order valence-corrected chi connectivity index (χ0v) is 17.5. The van der Waals surface area contributed by atoms with Crippen LogP contribution in [0.3, 0.4) is 0 Å². The maximum Gasteiger partial charge on any atom is 0.200 e. The number of phenols is 3. The average molecular weight is 379 g/mol. The van der Waals surface area contributed by atoms with E-state index in [9.17, 15) is 15.3 Å². The van der Waals surface area contributed by atoms with Gasteiger partial charge in [-0.05, 0) is 24.5 Å². The zero-order chi connectivity index (χ0) is 19.7. The molecule has 0 radical (unpaired) electrons. The highest BCUT2D eigenvalue weighted by molar-refractivity contribution is 5.53. The van der Waals surface area contributed by atoms with Crippen molar-refractivity contribution in [2.45, 2.75) is 116 Å². The van der Waals surface area contributed by atoms with Crippen molar-refractivity contribution < 1.29 is 15.3 Å². The minimum absolute atomic E-state index is 0.170. The molecule has 0 saturated heterocycles. The lowest BCUT2D eigenvalue weighted by molar-refractivity contribution is 0.364. The smallest absolute Gasteiger partial charge is 0.200 e. The van der Waals surface area contributed by atoms with Crippen LogP contribution in [0.5, 0.6) is 17.2 Å². The number of unbranched alkanes of at least 4 members (excludes halogenated alkanes) is 15. The third kappa shape index (κ3) is 11.1. The standard InChI is InChI=1S/C24H42O3/c1-2-3-4-5-6-7-8-9-10-11-12-13-14-15-16-17-18-21-19-20-22(25)24(27)23(21)26/h19-20,25-27H,2-18H2,1H3. The lowest BCUT2D eigenvalue weighted by atomic mass is 10.0. The summed E-state index contributed by atoms with van der Waals surface area (Å²) in [5.41, 5.74) is 0.718. The van der Waals surface area contributed by atoms with Crippen LogP contribution < -0.4 is 0 Å². The van der Waals surface area contributed by atoms with Gasteiger partial charge in [-0.1, -0.05) is 109 Å². The molecule has 1 aromatic rings. The van der Waals surface area contributed by atoms with E-state index in [1.165, 1.54) is 96.0 Å². The first kappa shape index (κ1) is 23.7. The van der Waals surface area contributed by atoms with Crippen LogP contribution in [0.1, 0.15) is 115 Å². The van der Waals surface area contributed by atoms with Gasteiger partial charge in [0.2, 0.25) is 5.75 Å². The quantitative estimate of drug-likeness (QED) is 0.193. The van der Waals surface area contributed by atoms with E-state index in [0.717, 1.165) is 24.8 Å². The van der Waals surface area contributed by atoms with Crippen LogP contribution in [-0.4, -0.2) is 15.3 Å². The molecule has 0 saturated carbocycles. The van der Waals surface area contributed by atoms with Crippen LogP contribution in [0.15, 0.2) is 12.1 Å². The molecule has 3 N–H and O–H groups in total. The molecule has 0 heterocycles. The molecule has 0 aromatic heterocycles.